The van der Waals surface area contributed by atoms with Crippen LogP contribution in [0.3, 0.4) is 0 Å². The van der Waals surface area contributed by atoms with Crippen molar-refractivity contribution in [2.24, 2.45) is 0 Å². The van der Waals surface area contributed by atoms with Crippen LogP contribution in [0, 0.1) is 6.92 Å². The fraction of sp³-hybridized carbons (Fsp3) is 0.133. The quantitative estimate of drug-likeness (QED) is 0.896. The fourth-order valence-corrected chi connectivity index (χ4v) is 1.37. The first-order chi connectivity index (χ1) is 9.49. The number of nitrogens with zero attached hydrogens (tertiary/aromatic N) is 1. The summed E-state index contributed by atoms with van der Waals surface area (Å²) >= 11 is 0. The molecule has 0 fully saturated rings. The number of aromatic nitrogens is 1. The van der Waals surface area contributed by atoms with E-state index in [1.54, 1.807) is 6.07 Å². The molecule has 0 aliphatic rings. The molecule has 0 bridgehead atoms. The molecule has 104 valence electrons. The van der Waals surface area contributed by atoms with Crippen molar-refractivity contribution in [3.8, 4) is 0 Å². The Morgan fingerprint density at radius 1 is 1.10 bits per heavy atom. The Morgan fingerprint density at radius 3 is 2.15 bits per heavy atom. The zero-order valence-corrected chi connectivity index (χ0v) is 11.0. The second-order valence-corrected chi connectivity index (χ2v) is 4.10. The van der Waals surface area contributed by atoms with E-state index in [0.29, 0.717) is 0 Å². The summed E-state index contributed by atoms with van der Waals surface area (Å²) in [4.78, 5) is 24.0. The van der Waals surface area contributed by atoms with E-state index >= 15 is 0 Å². The molecule has 5 nitrogen and oxygen atoms in total. The maximum Gasteiger partial charge on any atom is 0.337 e. The summed E-state index contributed by atoms with van der Waals surface area (Å²) in [5.41, 5.74) is 2.22. The first-order valence-corrected chi connectivity index (χ1v) is 5.89. The van der Waals surface area contributed by atoms with Gasteiger partial charge in [-0.2, -0.15) is 0 Å². The first kappa shape index (κ1) is 15.4. The van der Waals surface area contributed by atoms with Gasteiger partial charge in [-0.15, -0.1) is 0 Å². The molecule has 1 aromatic carbocycles. The topological polar surface area (TPSA) is 87.5 Å². The molecule has 0 amide bonds. The van der Waals surface area contributed by atoms with E-state index in [9.17, 15) is 9.59 Å². The lowest BCUT2D eigenvalue weighted by Gasteiger charge is -1.96. The van der Waals surface area contributed by atoms with Crippen molar-refractivity contribution in [1.29, 1.82) is 0 Å². The summed E-state index contributed by atoms with van der Waals surface area (Å²) in [5, 5.41) is 16.8. The van der Waals surface area contributed by atoms with Gasteiger partial charge in [-0.3, -0.25) is 9.78 Å². The summed E-state index contributed by atoms with van der Waals surface area (Å²) in [6.45, 7) is 1.98. The molecule has 2 N–H and O–H groups in total. The van der Waals surface area contributed by atoms with Gasteiger partial charge in [-0.05, 0) is 24.6 Å². The molecular weight excluding hydrogens is 258 g/mol. The average Bonchev–Trinajstić information content (AvgIpc) is 2.43. The van der Waals surface area contributed by atoms with E-state index in [-0.39, 0.29) is 12.0 Å². The minimum Gasteiger partial charge on any atom is -0.481 e. The van der Waals surface area contributed by atoms with Gasteiger partial charge in [0.2, 0.25) is 0 Å². The van der Waals surface area contributed by atoms with Gasteiger partial charge < -0.3 is 10.2 Å². The molecule has 1 aromatic heterocycles. The third-order valence-corrected chi connectivity index (χ3v) is 2.38. The van der Waals surface area contributed by atoms with Crippen molar-refractivity contribution in [3.05, 3.63) is 65.5 Å². The van der Waals surface area contributed by atoms with Gasteiger partial charge in [0.1, 0.15) is 0 Å². The summed E-state index contributed by atoms with van der Waals surface area (Å²) in [7, 11) is 0. The molecular formula is C15H15NO4. The Labute approximate surface area is 116 Å². The predicted molar refractivity (Wildman–Crippen MR) is 73.7 cm³/mol. The Kier molecular flexibility index (Phi) is 5.90. The number of hydrogen-bond donors (Lipinski definition) is 2. The number of rotatable bonds is 3. The van der Waals surface area contributed by atoms with Crippen molar-refractivity contribution in [3.63, 3.8) is 0 Å². The van der Waals surface area contributed by atoms with Gasteiger partial charge in [-0.1, -0.05) is 29.8 Å². The molecule has 0 saturated heterocycles. The summed E-state index contributed by atoms with van der Waals surface area (Å²) in [5.74, 6) is -1.73. The average molecular weight is 273 g/mol. The van der Waals surface area contributed by atoms with Crippen LogP contribution in [-0.2, 0) is 11.2 Å². The smallest absolute Gasteiger partial charge is 0.337 e. The van der Waals surface area contributed by atoms with E-state index in [2.05, 4.69) is 4.98 Å². The van der Waals surface area contributed by atoms with Crippen molar-refractivity contribution in [1.82, 2.24) is 4.98 Å². The summed E-state index contributed by atoms with van der Waals surface area (Å²) in [6, 6.07) is 10.6. The van der Waals surface area contributed by atoms with Crippen LogP contribution in [0.15, 0.2) is 48.8 Å². The maximum atomic E-state index is 10.3. The van der Waals surface area contributed by atoms with E-state index in [4.69, 9.17) is 10.2 Å². The molecule has 0 aliphatic carbocycles. The Balaban J connectivity index is 0.000000204. The third-order valence-electron chi connectivity index (χ3n) is 2.38. The molecule has 2 aromatic rings. The van der Waals surface area contributed by atoms with Gasteiger partial charge in [0.15, 0.2) is 0 Å². The largest absolute Gasteiger partial charge is 0.481 e. The monoisotopic (exact) mass is 273 g/mol. The SMILES string of the molecule is Cc1ccc(CC(=O)O)cc1.O=C(O)c1cccnc1. The molecule has 5 heteroatoms. The molecule has 0 radical (unpaired) electrons. The van der Waals surface area contributed by atoms with Crippen LogP contribution in [0.1, 0.15) is 21.5 Å². The van der Waals surface area contributed by atoms with E-state index in [1.165, 1.54) is 18.5 Å². The van der Waals surface area contributed by atoms with Crippen LogP contribution in [0.5, 0.6) is 0 Å². The number of benzene rings is 1. The predicted octanol–water partition coefficient (Wildman–Crippen LogP) is 2.40. The zero-order chi connectivity index (χ0) is 15.0. The Morgan fingerprint density at radius 2 is 1.75 bits per heavy atom. The van der Waals surface area contributed by atoms with Crippen molar-refractivity contribution >= 4 is 11.9 Å². The highest BCUT2D eigenvalue weighted by molar-refractivity contribution is 5.86. The van der Waals surface area contributed by atoms with Gasteiger partial charge in [0.05, 0.1) is 12.0 Å². The lowest BCUT2D eigenvalue weighted by molar-refractivity contribution is -0.136. The number of aryl methyl sites for hydroxylation is 1. The number of aromatic carboxylic acids is 1. The second-order valence-electron chi connectivity index (χ2n) is 4.10. The van der Waals surface area contributed by atoms with Crippen molar-refractivity contribution in [2.75, 3.05) is 0 Å². The number of pyridine rings is 1. The molecule has 0 saturated carbocycles. The number of aliphatic carboxylic acids is 1. The molecule has 0 unspecified atom stereocenters. The van der Waals surface area contributed by atoms with Gasteiger partial charge in [0.25, 0.3) is 0 Å². The third kappa shape index (κ3) is 5.77. The maximum absolute atomic E-state index is 10.3. The number of carboxylic acid groups (broad SMARTS) is 2. The highest BCUT2D eigenvalue weighted by Crippen LogP contribution is 2.03. The Bertz CT molecular complexity index is 564. The second kappa shape index (κ2) is 7.68. The highest BCUT2D eigenvalue weighted by Gasteiger charge is 1.98. The van der Waals surface area contributed by atoms with Gasteiger partial charge in [-0.25, -0.2) is 4.79 Å². The molecule has 0 atom stereocenters. The molecule has 1 heterocycles. The van der Waals surface area contributed by atoms with E-state index in [1.807, 2.05) is 31.2 Å². The van der Waals surface area contributed by atoms with Crippen LogP contribution in [0.2, 0.25) is 0 Å². The van der Waals surface area contributed by atoms with Crippen LogP contribution < -0.4 is 0 Å². The number of carbonyl (C=O) groups is 2. The molecule has 2 rings (SSSR count). The zero-order valence-electron chi connectivity index (χ0n) is 11.0. The van der Waals surface area contributed by atoms with Crippen LogP contribution in [-0.4, -0.2) is 27.1 Å². The standard InChI is InChI=1S/C9H10O2.C6H5NO2/c1-7-2-4-8(5-3-7)6-9(10)11;8-6(9)5-2-1-3-7-4-5/h2-5H,6H2,1H3,(H,10,11);1-4H,(H,8,9). The van der Waals surface area contributed by atoms with E-state index in [0.717, 1.165) is 11.1 Å². The number of carboxylic acids is 2. The van der Waals surface area contributed by atoms with Crippen LogP contribution in [0.25, 0.3) is 0 Å². The van der Waals surface area contributed by atoms with Crippen LogP contribution >= 0.6 is 0 Å². The number of hydrogen-bond acceptors (Lipinski definition) is 3. The minimum atomic E-state index is -0.942. The lowest BCUT2D eigenvalue weighted by atomic mass is 10.1. The van der Waals surface area contributed by atoms with Gasteiger partial charge >= 0.3 is 11.9 Å². The van der Waals surface area contributed by atoms with E-state index < -0.39 is 11.9 Å². The van der Waals surface area contributed by atoms with Gasteiger partial charge in [0, 0.05) is 12.4 Å². The van der Waals surface area contributed by atoms with Crippen LogP contribution in [0.4, 0.5) is 0 Å². The lowest BCUT2D eigenvalue weighted by Crippen LogP contribution is -1.99. The minimum absolute atomic E-state index is 0.111. The van der Waals surface area contributed by atoms with Crippen molar-refractivity contribution < 1.29 is 19.8 Å². The summed E-state index contributed by atoms with van der Waals surface area (Å²) < 4.78 is 0. The molecule has 0 spiro atoms. The molecule has 0 aliphatic heterocycles. The van der Waals surface area contributed by atoms with Crippen molar-refractivity contribution in [2.45, 2.75) is 13.3 Å². The fourth-order valence-electron chi connectivity index (χ4n) is 1.37. The highest BCUT2D eigenvalue weighted by atomic mass is 16.4. The normalized spacial score (nSPS) is 9.25. The summed E-state index contributed by atoms with van der Waals surface area (Å²) in [6.07, 6.45) is 2.95. The molecule has 20 heavy (non-hydrogen) atoms. The first-order valence-electron chi connectivity index (χ1n) is 5.89. The Hall–Kier alpha value is -2.69.